The van der Waals surface area contributed by atoms with Gasteiger partial charge < -0.3 is 10.2 Å². The molecule has 2 heteroatoms. The van der Waals surface area contributed by atoms with Crippen LogP contribution in [-0.2, 0) is 6.42 Å². The summed E-state index contributed by atoms with van der Waals surface area (Å²) in [4.78, 5) is 0. The molecular formula is C12H12O2. The number of rotatable bonds is 2. The molecule has 2 nitrogen and oxygen atoms in total. The maximum Gasteiger partial charge on any atom is 0.119 e. The Morgan fingerprint density at radius 2 is 1.79 bits per heavy atom. The third-order valence-electron chi connectivity index (χ3n) is 2.38. The number of aliphatic hydroxyl groups excluding tert-OH is 1. The van der Waals surface area contributed by atoms with Crippen LogP contribution in [-0.4, -0.2) is 16.8 Å². The van der Waals surface area contributed by atoms with E-state index >= 15 is 0 Å². The SMILES string of the molecule is OCCc1c(O)ccc2ccccc12. The van der Waals surface area contributed by atoms with E-state index in [4.69, 9.17) is 5.11 Å². The van der Waals surface area contributed by atoms with Crippen molar-refractivity contribution in [2.24, 2.45) is 0 Å². The Hall–Kier alpha value is -1.54. The Morgan fingerprint density at radius 3 is 2.57 bits per heavy atom. The first-order valence-electron chi connectivity index (χ1n) is 4.63. The predicted molar refractivity (Wildman–Crippen MR) is 56.4 cm³/mol. The van der Waals surface area contributed by atoms with Crippen LogP contribution in [0.3, 0.4) is 0 Å². The van der Waals surface area contributed by atoms with Gasteiger partial charge in [0.05, 0.1) is 0 Å². The zero-order valence-corrected chi connectivity index (χ0v) is 7.77. The Balaban J connectivity index is 2.69. The molecule has 0 fully saturated rings. The molecule has 2 rings (SSSR count). The number of aromatic hydroxyl groups is 1. The second-order valence-corrected chi connectivity index (χ2v) is 3.26. The zero-order chi connectivity index (χ0) is 9.97. The van der Waals surface area contributed by atoms with Crippen LogP contribution in [0.2, 0.25) is 0 Å². The van der Waals surface area contributed by atoms with Gasteiger partial charge in [0.25, 0.3) is 0 Å². The molecule has 0 bridgehead atoms. The number of benzene rings is 2. The number of aliphatic hydroxyl groups is 1. The fraction of sp³-hybridized carbons (Fsp3) is 0.167. The molecule has 0 aliphatic carbocycles. The average molecular weight is 188 g/mol. The Morgan fingerprint density at radius 1 is 1.00 bits per heavy atom. The summed E-state index contributed by atoms with van der Waals surface area (Å²) in [5, 5.41) is 20.6. The minimum atomic E-state index is 0.0571. The lowest BCUT2D eigenvalue weighted by molar-refractivity contribution is 0.298. The second-order valence-electron chi connectivity index (χ2n) is 3.26. The lowest BCUT2D eigenvalue weighted by Gasteiger charge is -2.07. The van der Waals surface area contributed by atoms with Crippen molar-refractivity contribution in [2.75, 3.05) is 6.61 Å². The third kappa shape index (κ3) is 1.44. The third-order valence-corrected chi connectivity index (χ3v) is 2.38. The van der Waals surface area contributed by atoms with Crippen LogP contribution in [0.1, 0.15) is 5.56 Å². The van der Waals surface area contributed by atoms with Gasteiger partial charge in [-0.2, -0.15) is 0 Å². The van der Waals surface area contributed by atoms with Gasteiger partial charge in [0, 0.05) is 12.2 Å². The van der Waals surface area contributed by atoms with E-state index < -0.39 is 0 Å². The lowest BCUT2D eigenvalue weighted by atomic mass is 10.0. The topological polar surface area (TPSA) is 40.5 Å². The Kier molecular flexibility index (Phi) is 2.37. The quantitative estimate of drug-likeness (QED) is 0.757. The van der Waals surface area contributed by atoms with Gasteiger partial charge in [-0.05, 0) is 23.3 Å². The predicted octanol–water partition coefficient (Wildman–Crippen LogP) is 2.08. The largest absolute Gasteiger partial charge is 0.508 e. The van der Waals surface area contributed by atoms with Gasteiger partial charge in [-0.3, -0.25) is 0 Å². The molecule has 2 aromatic rings. The number of phenolic OH excluding ortho intramolecular Hbond substituents is 1. The summed E-state index contributed by atoms with van der Waals surface area (Å²) in [5.74, 6) is 0.262. The highest BCUT2D eigenvalue weighted by atomic mass is 16.3. The van der Waals surface area contributed by atoms with Crippen molar-refractivity contribution in [3.63, 3.8) is 0 Å². The molecule has 0 radical (unpaired) electrons. The second kappa shape index (κ2) is 3.68. The summed E-state index contributed by atoms with van der Waals surface area (Å²) in [6.45, 7) is 0.0571. The molecule has 14 heavy (non-hydrogen) atoms. The molecule has 0 aromatic heterocycles. The molecule has 0 aliphatic rings. The fourth-order valence-corrected chi connectivity index (χ4v) is 1.70. The van der Waals surface area contributed by atoms with Gasteiger partial charge in [0.2, 0.25) is 0 Å². The van der Waals surface area contributed by atoms with Gasteiger partial charge >= 0.3 is 0 Å². The average Bonchev–Trinajstić information content (AvgIpc) is 2.23. The number of fused-ring (bicyclic) bond motifs is 1. The summed E-state index contributed by atoms with van der Waals surface area (Å²) in [5.41, 5.74) is 0.825. The first-order valence-corrected chi connectivity index (χ1v) is 4.63. The summed E-state index contributed by atoms with van der Waals surface area (Å²) < 4.78 is 0. The molecule has 2 aromatic carbocycles. The van der Waals surface area contributed by atoms with Crippen LogP contribution in [0.4, 0.5) is 0 Å². The van der Waals surface area contributed by atoms with Crippen molar-refractivity contribution in [1.82, 2.24) is 0 Å². The maximum absolute atomic E-state index is 9.63. The smallest absolute Gasteiger partial charge is 0.119 e. The number of hydrogen-bond acceptors (Lipinski definition) is 2. The van der Waals surface area contributed by atoms with Gasteiger partial charge in [-0.15, -0.1) is 0 Å². The fourth-order valence-electron chi connectivity index (χ4n) is 1.70. The first-order chi connectivity index (χ1) is 6.83. The van der Waals surface area contributed by atoms with E-state index in [9.17, 15) is 5.11 Å². The van der Waals surface area contributed by atoms with Crippen molar-refractivity contribution in [2.45, 2.75) is 6.42 Å². The van der Waals surface area contributed by atoms with Crippen molar-refractivity contribution in [3.8, 4) is 5.75 Å². The van der Waals surface area contributed by atoms with Crippen LogP contribution >= 0.6 is 0 Å². The molecule has 0 spiro atoms. The lowest BCUT2D eigenvalue weighted by Crippen LogP contribution is -1.92. The van der Waals surface area contributed by atoms with Gasteiger partial charge in [-0.25, -0.2) is 0 Å². The minimum Gasteiger partial charge on any atom is -0.508 e. The van der Waals surface area contributed by atoms with E-state index in [1.54, 1.807) is 6.07 Å². The molecule has 0 saturated carbocycles. The Labute approximate surface area is 82.4 Å². The molecule has 0 aliphatic heterocycles. The van der Waals surface area contributed by atoms with Gasteiger partial charge in [0.1, 0.15) is 5.75 Å². The van der Waals surface area contributed by atoms with Gasteiger partial charge in [0.15, 0.2) is 0 Å². The van der Waals surface area contributed by atoms with E-state index in [0.29, 0.717) is 6.42 Å². The molecule has 0 heterocycles. The molecule has 0 unspecified atom stereocenters. The van der Waals surface area contributed by atoms with E-state index in [1.165, 1.54) is 0 Å². The van der Waals surface area contributed by atoms with E-state index in [1.807, 2.05) is 30.3 Å². The molecule has 0 atom stereocenters. The summed E-state index contributed by atoms with van der Waals surface area (Å²) in [6.07, 6.45) is 0.493. The highest BCUT2D eigenvalue weighted by molar-refractivity contribution is 5.87. The summed E-state index contributed by atoms with van der Waals surface area (Å²) >= 11 is 0. The van der Waals surface area contributed by atoms with Crippen LogP contribution in [0.25, 0.3) is 10.8 Å². The first kappa shape index (κ1) is 9.03. The molecular weight excluding hydrogens is 176 g/mol. The van der Waals surface area contributed by atoms with Crippen molar-refractivity contribution < 1.29 is 10.2 Å². The van der Waals surface area contributed by atoms with Crippen molar-refractivity contribution >= 4 is 10.8 Å². The minimum absolute atomic E-state index is 0.0571. The standard InChI is InChI=1S/C12H12O2/c13-8-7-11-10-4-2-1-3-9(10)5-6-12(11)14/h1-6,13-14H,7-8H2. The molecule has 0 amide bonds. The maximum atomic E-state index is 9.63. The monoisotopic (exact) mass is 188 g/mol. The molecule has 0 saturated heterocycles. The van der Waals surface area contributed by atoms with E-state index in [2.05, 4.69) is 0 Å². The van der Waals surface area contributed by atoms with E-state index in [-0.39, 0.29) is 12.4 Å². The van der Waals surface area contributed by atoms with Gasteiger partial charge in [-0.1, -0.05) is 30.3 Å². The van der Waals surface area contributed by atoms with Crippen LogP contribution < -0.4 is 0 Å². The normalized spacial score (nSPS) is 10.6. The highest BCUT2D eigenvalue weighted by Gasteiger charge is 2.04. The highest BCUT2D eigenvalue weighted by Crippen LogP contribution is 2.27. The van der Waals surface area contributed by atoms with Crippen LogP contribution in [0.15, 0.2) is 36.4 Å². The van der Waals surface area contributed by atoms with Crippen molar-refractivity contribution in [1.29, 1.82) is 0 Å². The zero-order valence-electron chi connectivity index (χ0n) is 7.77. The van der Waals surface area contributed by atoms with Crippen LogP contribution in [0.5, 0.6) is 5.75 Å². The number of hydrogen-bond donors (Lipinski definition) is 2. The molecule has 72 valence electrons. The summed E-state index contributed by atoms with van der Waals surface area (Å²) in [6, 6.07) is 11.4. The Bertz CT molecular complexity index is 449. The number of phenols is 1. The van der Waals surface area contributed by atoms with Crippen molar-refractivity contribution in [3.05, 3.63) is 42.0 Å². The van der Waals surface area contributed by atoms with Crippen LogP contribution in [0, 0.1) is 0 Å². The van der Waals surface area contributed by atoms with E-state index in [0.717, 1.165) is 16.3 Å². The molecule has 2 N–H and O–H groups in total. The summed E-state index contributed by atoms with van der Waals surface area (Å²) in [7, 11) is 0.